The van der Waals surface area contributed by atoms with Gasteiger partial charge in [0.05, 0.1) is 11.8 Å². The summed E-state index contributed by atoms with van der Waals surface area (Å²) in [6, 6.07) is 0.613. The van der Waals surface area contributed by atoms with Crippen LogP contribution in [0.15, 0.2) is 0 Å². The van der Waals surface area contributed by atoms with Gasteiger partial charge >= 0.3 is 0 Å². The van der Waals surface area contributed by atoms with E-state index >= 15 is 0 Å². The van der Waals surface area contributed by atoms with E-state index in [2.05, 4.69) is 23.7 Å². The maximum atomic E-state index is 5.41. The summed E-state index contributed by atoms with van der Waals surface area (Å²) in [6.45, 7) is 6.49. The first-order chi connectivity index (χ1) is 8.70. The summed E-state index contributed by atoms with van der Waals surface area (Å²) >= 11 is 0. The third-order valence-corrected chi connectivity index (χ3v) is 4.24. The van der Waals surface area contributed by atoms with Crippen LogP contribution < -0.4 is 5.32 Å². The smallest absolute Gasteiger partial charge is 0.112 e. The first kappa shape index (κ1) is 12.2. The number of methoxy groups -OCH3 is 1. The third kappa shape index (κ3) is 1.88. The van der Waals surface area contributed by atoms with Gasteiger partial charge in [-0.05, 0) is 12.8 Å². The summed E-state index contributed by atoms with van der Waals surface area (Å²) in [6.07, 6.45) is 3.86. The van der Waals surface area contributed by atoms with Crippen LogP contribution in [0, 0.1) is 0 Å². The molecule has 1 aliphatic heterocycles. The number of nitrogens with one attached hydrogen (secondary N) is 1. The highest BCUT2D eigenvalue weighted by Crippen LogP contribution is 2.38. The van der Waals surface area contributed by atoms with Gasteiger partial charge in [-0.2, -0.15) is 0 Å². The monoisotopic (exact) mass is 249 g/mol. The number of imidazole rings is 1. The normalized spacial score (nSPS) is 27.1. The first-order valence-electron chi connectivity index (χ1n) is 7.04. The van der Waals surface area contributed by atoms with Crippen molar-refractivity contribution in [1.29, 1.82) is 0 Å². The van der Waals surface area contributed by atoms with Crippen molar-refractivity contribution in [2.75, 3.05) is 13.7 Å². The molecule has 2 heterocycles. The molecule has 4 heteroatoms. The lowest BCUT2D eigenvalue weighted by molar-refractivity contribution is 0.00436. The van der Waals surface area contributed by atoms with Gasteiger partial charge in [-0.25, -0.2) is 4.98 Å². The molecule has 0 atom stereocenters. The van der Waals surface area contributed by atoms with Gasteiger partial charge in [0, 0.05) is 44.3 Å². The molecule has 0 bridgehead atoms. The summed E-state index contributed by atoms with van der Waals surface area (Å²) < 4.78 is 7.94. The lowest BCUT2D eigenvalue weighted by Crippen LogP contribution is -2.35. The molecule has 1 fully saturated rings. The van der Waals surface area contributed by atoms with Crippen molar-refractivity contribution in [1.82, 2.24) is 14.9 Å². The highest BCUT2D eigenvalue weighted by atomic mass is 16.5. The van der Waals surface area contributed by atoms with Crippen molar-refractivity contribution >= 4 is 0 Å². The molecule has 1 N–H and O–H groups in total. The van der Waals surface area contributed by atoms with Crippen LogP contribution in [0.2, 0.25) is 0 Å². The molecule has 0 spiro atoms. The molecule has 18 heavy (non-hydrogen) atoms. The van der Waals surface area contributed by atoms with E-state index in [4.69, 9.17) is 9.72 Å². The average molecular weight is 249 g/mol. The average Bonchev–Trinajstić information content (AvgIpc) is 2.68. The molecule has 100 valence electrons. The Labute approximate surface area is 109 Å². The van der Waals surface area contributed by atoms with E-state index in [1.165, 1.54) is 17.2 Å². The Hall–Kier alpha value is -0.870. The SMILES string of the molecule is COC1CC(n2c(C(C)C)nc3c2CCNC3)C1. The standard InChI is InChI=1S/C14H23N3O/c1-9(2)14-16-12-8-15-5-4-13(12)17(14)10-6-11(7-10)18-3/h9-11,15H,4-8H2,1-3H3. The van der Waals surface area contributed by atoms with E-state index < -0.39 is 0 Å². The van der Waals surface area contributed by atoms with Crippen molar-refractivity contribution in [3.8, 4) is 0 Å². The van der Waals surface area contributed by atoms with E-state index in [1.807, 2.05) is 7.11 Å². The Morgan fingerprint density at radius 1 is 1.39 bits per heavy atom. The van der Waals surface area contributed by atoms with Crippen molar-refractivity contribution in [3.63, 3.8) is 0 Å². The zero-order chi connectivity index (χ0) is 12.7. The molecule has 0 radical (unpaired) electrons. The van der Waals surface area contributed by atoms with Gasteiger partial charge in [-0.1, -0.05) is 13.8 Å². The summed E-state index contributed by atoms with van der Waals surface area (Å²) in [5.74, 6) is 1.76. The highest BCUT2D eigenvalue weighted by Gasteiger charge is 2.35. The Balaban J connectivity index is 1.93. The number of ether oxygens (including phenoxy) is 1. The zero-order valence-electron chi connectivity index (χ0n) is 11.6. The Bertz CT molecular complexity index is 432. The predicted molar refractivity (Wildman–Crippen MR) is 70.8 cm³/mol. The summed E-state index contributed by atoms with van der Waals surface area (Å²) in [4.78, 5) is 4.86. The molecule has 1 aromatic heterocycles. The van der Waals surface area contributed by atoms with Gasteiger partial charge in [-0.15, -0.1) is 0 Å². The van der Waals surface area contributed by atoms with Crippen LogP contribution in [-0.2, 0) is 17.7 Å². The largest absolute Gasteiger partial charge is 0.381 e. The van der Waals surface area contributed by atoms with Gasteiger partial charge < -0.3 is 14.6 Å². The number of rotatable bonds is 3. The maximum absolute atomic E-state index is 5.41. The second-order valence-electron chi connectivity index (χ2n) is 5.80. The van der Waals surface area contributed by atoms with Gasteiger partial charge in [0.15, 0.2) is 0 Å². The quantitative estimate of drug-likeness (QED) is 0.890. The fraction of sp³-hybridized carbons (Fsp3) is 0.786. The fourth-order valence-electron chi connectivity index (χ4n) is 3.11. The van der Waals surface area contributed by atoms with Crippen LogP contribution in [0.5, 0.6) is 0 Å². The number of nitrogens with zero attached hydrogens (tertiary/aromatic N) is 2. The minimum Gasteiger partial charge on any atom is -0.381 e. The predicted octanol–water partition coefficient (Wildman–Crippen LogP) is 2.00. The molecule has 0 saturated heterocycles. The van der Waals surface area contributed by atoms with E-state index in [0.717, 1.165) is 32.4 Å². The summed E-state index contributed by atoms with van der Waals surface area (Å²) in [5, 5.41) is 3.41. The molecule has 1 aliphatic carbocycles. The highest BCUT2D eigenvalue weighted by molar-refractivity contribution is 5.23. The van der Waals surface area contributed by atoms with Crippen molar-refractivity contribution < 1.29 is 4.74 Å². The van der Waals surface area contributed by atoms with Gasteiger partial charge in [-0.3, -0.25) is 0 Å². The number of hydrogen-bond acceptors (Lipinski definition) is 3. The minimum absolute atomic E-state index is 0.453. The second-order valence-corrected chi connectivity index (χ2v) is 5.80. The molecule has 3 rings (SSSR count). The van der Waals surface area contributed by atoms with E-state index in [0.29, 0.717) is 18.1 Å². The molecule has 0 aromatic carbocycles. The maximum Gasteiger partial charge on any atom is 0.112 e. The fourth-order valence-corrected chi connectivity index (χ4v) is 3.11. The van der Waals surface area contributed by atoms with Crippen LogP contribution in [0.4, 0.5) is 0 Å². The topological polar surface area (TPSA) is 39.1 Å². The van der Waals surface area contributed by atoms with Crippen molar-refractivity contribution in [2.24, 2.45) is 0 Å². The third-order valence-electron chi connectivity index (χ3n) is 4.24. The number of hydrogen-bond donors (Lipinski definition) is 1. The number of fused-ring (bicyclic) bond motifs is 1. The van der Waals surface area contributed by atoms with E-state index in [-0.39, 0.29) is 0 Å². The Morgan fingerprint density at radius 2 is 2.17 bits per heavy atom. The number of aromatic nitrogens is 2. The van der Waals surface area contributed by atoms with E-state index in [9.17, 15) is 0 Å². The molecular formula is C14H23N3O. The van der Waals surface area contributed by atoms with Crippen LogP contribution in [-0.4, -0.2) is 29.3 Å². The van der Waals surface area contributed by atoms with E-state index in [1.54, 1.807) is 0 Å². The lowest BCUT2D eigenvalue weighted by atomic mass is 9.88. The summed E-state index contributed by atoms with van der Waals surface area (Å²) in [5.41, 5.74) is 2.74. The molecule has 4 nitrogen and oxygen atoms in total. The molecule has 1 saturated carbocycles. The van der Waals surface area contributed by atoms with Crippen LogP contribution in [0.3, 0.4) is 0 Å². The second kappa shape index (κ2) is 4.67. The van der Waals surface area contributed by atoms with Crippen LogP contribution >= 0.6 is 0 Å². The van der Waals surface area contributed by atoms with Crippen molar-refractivity contribution in [2.45, 2.75) is 57.7 Å². The molecule has 0 unspecified atom stereocenters. The Kier molecular flexibility index (Phi) is 3.16. The minimum atomic E-state index is 0.453. The van der Waals surface area contributed by atoms with Crippen LogP contribution in [0.1, 0.15) is 55.9 Å². The lowest BCUT2D eigenvalue weighted by Gasteiger charge is -2.37. The van der Waals surface area contributed by atoms with Crippen molar-refractivity contribution in [3.05, 3.63) is 17.2 Å². The van der Waals surface area contributed by atoms with Gasteiger partial charge in [0.25, 0.3) is 0 Å². The molecular weight excluding hydrogens is 226 g/mol. The van der Waals surface area contributed by atoms with Gasteiger partial charge in [0.2, 0.25) is 0 Å². The summed E-state index contributed by atoms with van der Waals surface area (Å²) in [7, 11) is 1.82. The molecule has 1 aromatic rings. The van der Waals surface area contributed by atoms with Gasteiger partial charge in [0.1, 0.15) is 5.82 Å². The molecule has 2 aliphatic rings. The molecule has 0 amide bonds. The van der Waals surface area contributed by atoms with Crippen LogP contribution in [0.25, 0.3) is 0 Å². The zero-order valence-corrected chi connectivity index (χ0v) is 11.6. The first-order valence-corrected chi connectivity index (χ1v) is 7.04. The Morgan fingerprint density at radius 3 is 2.83 bits per heavy atom.